The maximum absolute atomic E-state index is 2.51. The van der Waals surface area contributed by atoms with Crippen LogP contribution in [0.2, 0.25) is 0 Å². The SMILES string of the molecule is C1=CCC(C2=CCC([I-]C3C=CC(C4=CCCC=C4)=CC3)C=C2)C=C1. The van der Waals surface area contributed by atoms with Crippen LogP contribution in [0.4, 0.5) is 0 Å². The molecule has 4 aliphatic carbocycles. The van der Waals surface area contributed by atoms with Crippen molar-refractivity contribution in [3.8, 4) is 0 Å². The van der Waals surface area contributed by atoms with Crippen LogP contribution >= 0.6 is 0 Å². The van der Waals surface area contributed by atoms with Crippen LogP contribution < -0.4 is 21.2 Å². The van der Waals surface area contributed by atoms with E-state index in [4.69, 9.17) is 0 Å². The van der Waals surface area contributed by atoms with Crippen molar-refractivity contribution < 1.29 is 21.2 Å². The van der Waals surface area contributed by atoms with Crippen LogP contribution in [0.1, 0.15) is 32.1 Å². The van der Waals surface area contributed by atoms with Gasteiger partial charge in [0.1, 0.15) is 0 Å². The predicted molar refractivity (Wildman–Crippen MR) is 104 cm³/mol. The van der Waals surface area contributed by atoms with Crippen LogP contribution in [0.25, 0.3) is 0 Å². The maximum atomic E-state index is 2.51. The Hall–Kier alpha value is -1.35. The molecule has 3 unspecified atom stereocenters. The summed E-state index contributed by atoms with van der Waals surface area (Å²) in [6.07, 6.45) is 36.8. The van der Waals surface area contributed by atoms with E-state index >= 15 is 0 Å². The molecule has 0 aromatic rings. The molecular weight excluding hydrogens is 415 g/mol. The predicted octanol–water partition coefficient (Wildman–Crippen LogP) is 2.99. The van der Waals surface area contributed by atoms with Crippen molar-refractivity contribution in [3.63, 3.8) is 0 Å². The van der Waals surface area contributed by atoms with E-state index in [1.807, 2.05) is 0 Å². The molecule has 0 saturated carbocycles. The molecule has 0 bridgehead atoms. The first-order valence-corrected chi connectivity index (χ1v) is 12.0. The molecule has 0 N–H and O–H groups in total. The molecule has 0 spiro atoms. The summed E-state index contributed by atoms with van der Waals surface area (Å²) in [7, 11) is 0. The number of allylic oxidation sites excluding steroid dienone is 16. The molecule has 0 heterocycles. The zero-order valence-electron chi connectivity index (χ0n) is 14.7. The summed E-state index contributed by atoms with van der Waals surface area (Å²) in [4.78, 5) is 0. The third-order valence-corrected chi connectivity index (χ3v) is 8.88. The summed E-state index contributed by atoms with van der Waals surface area (Å²) in [6.45, 7) is 0. The second-order valence-corrected chi connectivity index (χ2v) is 10.9. The van der Waals surface area contributed by atoms with Gasteiger partial charge < -0.3 is 0 Å². The molecule has 0 fully saturated rings. The summed E-state index contributed by atoms with van der Waals surface area (Å²) >= 11 is 0.174. The Morgan fingerprint density at radius 2 is 1.52 bits per heavy atom. The molecular formula is C24H26I-. The zero-order chi connectivity index (χ0) is 16.9. The van der Waals surface area contributed by atoms with Gasteiger partial charge in [-0.05, 0) is 0 Å². The van der Waals surface area contributed by atoms with E-state index < -0.39 is 0 Å². The number of halogens is 1. The van der Waals surface area contributed by atoms with Gasteiger partial charge in [-0.2, -0.15) is 0 Å². The molecule has 0 aliphatic heterocycles. The summed E-state index contributed by atoms with van der Waals surface area (Å²) < 4.78 is 1.61. The van der Waals surface area contributed by atoms with Crippen LogP contribution in [-0.2, 0) is 0 Å². The first-order chi connectivity index (χ1) is 12.4. The van der Waals surface area contributed by atoms with Crippen molar-refractivity contribution in [3.05, 3.63) is 95.7 Å². The molecule has 0 aromatic carbocycles. The van der Waals surface area contributed by atoms with Gasteiger partial charge in [-0.25, -0.2) is 0 Å². The topological polar surface area (TPSA) is 0 Å². The summed E-state index contributed by atoms with van der Waals surface area (Å²) in [5.74, 6) is 0.609. The Balaban J connectivity index is 1.29. The Kier molecular flexibility index (Phi) is 5.71. The normalized spacial score (nSPS) is 31.0. The van der Waals surface area contributed by atoms with Gasteiger partial charge in [0.25, 0.3) is 0 Å². The summed E-state index contributed by atoms with van der Waals surface area (Å²) in [5, 5.41) is 0. The molecule has 0 saturated heterocycles. The van der Waals surface area contributed by atoms with Crippen LogP contribution in [0.5, 0.6) is 0 Å². The van der Waals surface area contributed by atoms with E-state index in [2.05, 4.69) is 79.0 Å². The minimum atomic E-state index is 0.174. The van der Waals surface area contributed by atoms with E-state index in [0.29, 0.717) is 5.92 Å². The van der Waals surface area contributed by atoms with Crippen molar-refractivity contribution in [2.45, 2.75) is 40.0 Å². The van der Waals surface area contributed by atoms with Gasteiger partial charge in [-0.3, -0.25) is 0 Å². The summed E-state index contributed by atoms with van der Waals surface area (Å²) in [6, 6.07) is 0. The number of hydrogen-bond donors (Lipinski definition) is 0. The number of hydrogen-bond acceptors (Lipinski definition) is 0. The van der Waals surface area contributed by atoms with Crippen LogP contribution in [0, 0.1) is 5.92 Å². The first-order valence-electron chi connectivity index (χ1n) is 9.47. The van der Waals surface area contributed by atoms with Gasteiger partial charge in [0, 0.05) is 0 Å². The fourth-order valence-corrected chi connectivity index (χ4v) is 6.92. The van der Waals surface area contributed by atoms with Gasteiger partial charge in [-0.15, -0.1) is 0 Å². The fraction of sp³-hybridized carbons (Fsp3) is 0.333. The standard InChI is InChI=1S/C24H26I/c1-3-7-19(8-4-1)21-11-15-23(16-12-21)25-24-17-13-22(14-18-24)20-9-5-2-6-10-20/h1,3-5,7,9-15,17,19,23-24H,2,6,8,16,18H2/q-1. The Morgan fingerprint density at radius 1 is 0.680 bits per heavy atom. The van der Waals surface area contributed by atoms with E-state index in [9.17, 15) is 0 Å². The van der Waals surface area contributed by atoms with Crippen molar-refractivity contribution in [1.29, 1.82) is 0 Å². The van der Waals surface area contributed by atoms with Gasteiger partial charge >= 0.3 is 163 Å². The van der Waals surface area contributed by atoms with Gasteiger partial charge in [0.2, 0.25) is 0 Å². The average Bonchev–Trinajstić information content (AvgIpc) is 2.71. The van der Waals surface area contributed by atoms with E-state index in [1.54, 1.807) is 0 Å². The molecule has 4 aliphatic rings. The van der Waals surface area contributed by atoms with Crippen molar-refractivity contribution in [1.82, 2.24) is 0 Å². The van der Waals surface area contributed by atoms with Crippen molar-refractivity contribution >= 4 is 0 Å². The van der Waals surface area contributed by atoms with Gasteiger partial charge in [0.05, 0.1) is 0 Å². The monoisotopic (exact) mass is 441 g/mol. The van der Waals surface area contributed by atoms with Gasteiger partial charge in [-0.1, -0.05) is 0 Å². The Labute approximate surface area is 162 Å². The second kappa shape index (κ2) is 8.35. The quantitative estimate of drug-likeness (QED) is 0.465. The molecule has 1 heteroatoms. The minimum absolute atomic E-state index is 0.174. The molecule has 3 atom stereocenters. The Bertz CT molecular complexity index is 736. The number of alkyl halides is 2. The third-order valence-electron chi connectivity index (χ3n) is 5.18. The third kappa shape index (κ3) is 4.44. The average molecular weight is 441 g/mol. The molecule has 130 valence electrons. The van der Waals surface area contributed by atoms with E-state index in [1.165, 1.54) is 42.4 Å². The second-order valence-electron chi connectivity index (χ2n) is 7.01. The molecule has 0 radical (unpaired) electrons. The Morgan fingerprint density at radius 3 is 2.16 bits per heavy atom. The van der Waals surface area contributed by atoms with Crippen LogP contribution in [0.3, 0.4) is 0 Å². The number of rotatable bonds is 4. The molecule has 25 heavy (non-hydrogen) atoms. The first kappa shape index (κ1) is 17.1. The van der Waals surface area contributed by atoms with Crippen LogP contribution in [0.15, 0.2) is 95.7 Å². The van der Waals surface area contributed by atoms with Gasteiger partial charge in [0.15, 0.2) is 0 Å². The molecule has 0 nitrogen and oxygen atoms in total. The molecule has 0 amide bonds. The van der Waals surface area contributed by atoms with E-state index in [0.717, 1.165) is 14.3 Å². The van der Waals surface area contributed by atoms with Crippen molar-refractivity contribution in [2.75, 3.05) is 0 Å². The summed E-state index contributed by atoms with van der Waals surface area (Å²) in [5.41, 5.74) is 4.40. The van der Waals surface area contributed by atoms with Crippen LogP contribution in [-0.4, -0.2) is 7.85 Å². The van der Waals surface area contributed by atoms with E-state index in [-0.39, 0.29) is 21.2 Å². The molecule has 0 aromatic heterocycles. The molecule has 4 rings (SSSR count). The zero-order valence-corrected chi connectivity index (χ0v) is 16.8. The van der Waals surface area contributed by atoms with Crippen molar-refractivity contribution in [2.24, 2.45) is 5.92 Å². The fourth-order valence-electron chi connectivity index (χ4n) is 3.74.